The van der Waals surface area contributed by atoms with Crippen molar-refractivity contribution in [2.24, 2.45) is 0 Å². The predicted octanol–water partition coefficient (Wildman–Crippen LogP) is 3.16. The molecule has 0 aromatic rings. The van der Waals surface area contributed by atoms with E-state index >= 15 is 0 Å². The number of rotatable bonds is 3. The average molecular weight is 185 g/mol. The Kier molecular flexibility index (Phi) is 4.21. The monoisotopic (exact) mass is 185 g/mol. The molecule has 2 heteroatoms. The topological polar surface area (TPSA) is 12.0 Å². The molecule has 0 atom stereocenters. The molecule has 0 fully saturated rings. The Hall–Kier alpha value is -0.0831. The van der Waals surface area contributed by atoms with Gasteiger partial charge in [0.05, 0.1) is 0 Å². The quantitative estimate of drug-likeness (QED) is 0.526. The third-order valence-electron chi connectivity index (χ3n) is 2.77. The molecule has 0 saturated heterocycles. The minimum atomic E-state index is -1.24. The molecule has 1 nitrogen and oxygen atoms in total. The molecule has 0 amide bonds. The van der Waals surface area contributed by atoms with E-state index in [0.717, 1.165) is 6.54 Å². The molecule has 0 aliphatic heterocycles. The second-order valence-electron chi connectivity index (χ2n) is 4.82. The fourth-order valence-corrected chi connectivity index (χ4v) is 1.86. The van der Waals surface area contributed by atoms with Crippen LogP contribution in [0.3, 0.4) is 0 Å². The van der Waals surface area contributed by atoms with Crippen molar-refractivity contribution < 1.29 is 0 Å². The Morgan fingerprint density at radius 3 is 2.08 bits per heavy atom. The van der Waals surface area contributed by atoms with Gasteiger partial charge in [0.2, 0.25) is 0 Å². The van der Waals surface area contributed by atoms with Gasteiger partial charge in [0.25, 0.3) is 0 Å². The number of hydrogen-bond acceptors (Lipinski definition) is 1. The highest BCUT2D eigenvalue weighted by Crippen LogP contribution is 2.33. The van der Waals surface area contributed by atoms with E-state index in [2.05, 4.69) is 57.9 Å². The lowest BCUT2D eigenvalue weighted by molar-refractivity contribution is 0.695. The van der Waals surface area contributed by atoms with Gasteiger partial charge in [-0.2, -0.15) is 0 Å². The van der Waals surface area contributed by atoms with Gasteiger partial charge in [-0.1, -0.05) is 46.0 Å². The van der Waals surface area contributed by atoms with Crippen molar-refractivity contribution in [2.45, 2.75) is 45.8 Å². The molecule has 0 aromatic heterocycles. The van der Waals surface area contributed by atoms with Crippen LogP contribution in [0.4, 0.5) is 0 Å². The van der Waals surface area contributed by atoms with Gasteiger partial charge in [0, 0.05) is 6.54 Å². The van der Waals surface area contributed by atoms with Crippen molar-refractivity contribution in [1.82, 2.24) is 4.98 Å². The van der Waals surface area contributed by atoms with Crippen molar-refractivity contribution >= 4 is 8.24 Å². The molecule has 0 spiro atoms. The first-order valence-electron chi connectivity index (χ1n) is 4.67. The second kappa shape index (κ2) is 4.24. The molecule has 0 aliphatic carbocycles. The number of hydrogen-bond donors (Lipinski definition) is 1. The van der Waals surface area contributed by atoms with E-state index in [-0.39, 0.29) is 0 Å². The van der Waals surface area contributed by atoms with Crippen molar-refractivity contribution in [2.75, 3.05) is 6.54 Å². The maximum Gasteiger partial charge on any atom is 0.125 e. The Labute approximate surface area is 78.3 Å². The van der Waals surface area contributed by atoms with Crippen LogP contribution in [0, 0.1) is 0 Å². The number of allylic oxidation sites excluding steroid dienone is 1. The summed E-state index contributed by atoms with van der Waals surface area (Å²) in [5.41, 5.74) is 0. The first-order valence-corrected chi connectivity index (χ1v) is 7.67. The van der Waals surface area contributed by atoms with Crippen LogP contribution in [-0.4, -0.2) is 14.8 Å². The number of nitrogens with one attached hydrogen (secondary N) is 1. The van der Waals surface area contributed by atoms with E-state index < -0.39 is 8.24 Å². The molecular formula is C10H23NSi. The molecule has 72 valence electrons. The minimum Gasteiger partial charge on any atom is -0.334 e. The second-order valence-corrected chi connectivity index (χ2v) is 9.93. The fraction of sp³-hybridized carbons (Fsp3) is 0.800. The average Bonchev–Trinajstić information content (AvgIpc) is 1.85. The Bertz CT molecular complexity index is 154. The third-order valence-corrected chi connectivity index (χ3v) is 7.61. The minimum absolute atomic E-state index is 0.439. The van der Waals surface area contributed by atoms with E-state index in [1.165, 1.54) is 0 Å². The van der Waals surface area contributed by atoms with Crippen LogP contribution in [0.15, 0.2) is 12.2 Å². The summed E-state index contributed by atoms with van der Waals surface area (Å²) in [5.74, 6) is 0. The zero-order valence-electron chi connectivity index (χ0n) is 9.36. The molecule has 12 heavy (non-hydrogen) atoms. The molecule has 0 aromatic carbocycles. The summed E-state index contributed by atoms with van der Waals surface area (Å²) in [5, 5.41) is 0.439. The van der Waals surface area contributed by atoms with Crippen LogP contribution in [0.5, 0.6) is 0 Å². The molecule has 0 heterocycles. The summed E-state index contributed by atoms with van der Waals surface area (Å²) in [6.45, 7) is 14.8. The summed E-state index contributed by atoms with van der Waals surface area (Å²) in [7, 11) is -1.24. The van der Waals surface area contributed by atoms with Crippen LogP contribution in [0.1, 0.15) is 27.7 Å². The van der Waals surface area contributed by atoms with Gasteiger partial charge in [0.15, 0.2) is 0 Å². The maximum atomic E-state index is 3.65. The highest BCUT2D eigenvalue weighted by molar-refractivity contribution is 6.77. The Morgan fingerprint density at radius 1 is 1.25 bits per heavy atom. The van der Waals surface area contributed by atoms with Gasteiger partial charge < -0.3 is 4.98 Å². The standard InChI is InChI=1S/C10H23NSi/c1-7-8-9-11-12(5,6)10(2,3)4/h7-8,11H,9H2,1-6H3/b8-7+. The maximum absolute atomic E-state index is 3.65. The van der Waals surface area contributed by atoms with Crippen LogP contribution in [-0.2, 0) is 0 Å². The molecule has 0 radical (unpaired) electrons. The van der Waals surface area contributed by atoms with Gasteiger partial charge in [-0.05, 0) is 12.0 Å². The van der Waals surface area contributed by atoms with Crippen LogP contribution < -0.4 is 4.98 Å². The van der Waals surface area contributed by atoms with E-state index in [1.807, 2.05) is 0 Å². The largest absolute Gasteiger partial charge is 0.334 e. The smallest absolute Gasteiger partial charge is 0.125 e. The Balaban J connectivity index is 4.05. The summed E-state index contributed by atoms with van der Waals surface area (Å²) >= 11 is 0. The summed E-state index contributed by atoms with van der Waals surface area (Å²) in [6.07, 6.45) is 4.28. The first kappa shape index (κ1) is 11.9. The van der Waals surface area contributed by atoms with Gasteiger partial charge in [-0.15, -0.1) is 0 Å². The molecular weight excluding hydrogens is 162 g/mol. The van der Waals surface area contributed by atoms with Crippen molar-refractivity contribution in [3.8, 4) is 0 Å². The fourth-order valence-electron chi connectivity index (χ4n) is 0.697. The van der Waals surface area contributed by atoms with E-state index in [9.17, 15) is 0 Å². The zero-order valence-corrected chi connectivity index (χ0v) is 10.4. The first-order chi connectivity index (χ1) is 5.31. The van der Waals surface area contributed by atoms with Gasteiger partial charge >= 0.3 is 0 Å². The lowest BCUT2D eigenvalue weighted by Gasteiger charge is -2.37. The van der Waals surface area contributed by atoms with Gasteiger partial charge in [0.1, 0.15) is 8.24 Å². The molecule has 0 bridgehead atoms. The molecule has 0 aliphatic rings. The normalized spacial score (nSPS) is 14.2. The SMILES string of the molecule is C/C=C/CN[Si](C)(C)C(C)(C)C. The predicted molar refractivity (Wildman–Crippen MR) is 60.0 cm³/mol. The third kappa shape index (κ3) is 3.54. The lowest BCUT2D eigenvalue weighted by atomic mass is 10.2. The van der Waals surface area contributed by atoms with Crippen molar-refractivity contribution in [3.63, 3.8) is 0 Å². The molecule has 0 unspecified atom stereocenters. The van der Waals surface area contributed by atoms with E-state index in [4.69, 9.17) is 0 Å². The summed E-state index contributed by atoms with van der Waals surface area (Å²) < 4.78 is 0. The van der Waals surface area contributed by atoms with Crippen LogP contribution in [0.25, 0.3) is 0 Å². The van der Waals surface area contributed by atoms with Crippen molar-refractivity contribution in [1.29, 1.82) is 0 Å². The van der Waals surface area contributed by atoms with Crippen LogP contribution in [0.2, 0.25) is 18.1 Å². The van der Waals surface area contributed by atoms with Crippen molar-refractivity contribution in [3.05, 3.63) is 12.2 Å². The van der Waals surface area contributed by atoms with Crippen LogP contribution >= 0.6 is 0 Å². The summed E-state index contributed by atoms with van der Waals surface area (Å²) in [6, 6.07) is 0. The van der Waals surface area contributed by atoms with E-state index in [1.54, 1.807) is 0 Å². The highest BCUT2D eigenvalue weighted by Gasteiger charge is 2.34. The molecule has 0 saturated carbocycles. The Morgan fingerprint density at radius 2 is 1.75 bits per heavy atom. The zero-order chi connectivity index (χ0) is 9.83. The lowest BCUT2D eigenvalue weighted by Crippen LogP contribution is -2.52. The molecule has 0 rings (SSSR count). The summed E-state index contributed by atoms with van der Waals surface area (Å²) in [4.78, 5) is 3.65. The van der Waals surface area contributed by atoms with E-state index in [0.29, 0.717) is 5.04 Å². The van der Waals surface area contributed by atoms with Gasteiger partial charge in [-0.3, -0.25) is 0 Å². The van der Waals surface area contributed by atoms with Gasteiger partial charge in [-0.25, -0.2) is 0 Å². The highest BCUT2D eigenvalue weighted by atomic mass is 28.3. The molecule has 1 N–H and O–H groups in total.